The molecule has 0 bridgehead atoms. The van der Waals surface area contributed by atoms with Gasteiger partial charge in [0.25, 0.3) is 5.91 Å². The smallest absolute Gasteiger partial charge is 0.258 e. The summed E-state index contributed by atoms with van der Waals surface area (Å²) in [6.45, 7) is 7.09. The fraction of sp³-hybridized carbons (Fsp3) is 0.278. The zero-order chi connectivity index (χ0) is 17.1. The number of hydrogen-bond acceptors (Lipinski definition) is 4. The van der Waals surface area contributed by atoms with E-state index >= 15 is 0 Å². The predicted octanol–water partition coefficient (Wildman–Crippen LogP) is 4.04. The Balaban J connectivity index is 2.29. The normalized spacial score (nSPS) is 10.4. The summed E-state index contributed by atoms with van der Waals surface area (Å²) in [5.74, 6) is 0.0426. The molecular weight excluding hydrogens is 292 g/mol. The van der Waals surface area contributed by atoms with Crippen LogP contribution in [0.3, 0.4) is 0 Å². The number of nitriles is 1. The lowest BCUT2D eigenvalue weighted by molar-refractivity contribution is 0.101. The molecule has 1 aromatic heterocycles. The summed E-state index contributed by atoms with van der Waals surface area (Å²) in [6, 6.07) is 9.14. The number of nitrogens with one attached hydrogen (secondary N) is 1. The number of hydrogen-bond donors (Lipinski definition) is 1. The monoisotopic (exact) mass is 310 g/mol. The Bertz CT molecular complexity index is 793. The largest absolute Gasteiger partial charge is 0.443 e. The average Bonchev–Trinajstić information content (AvgIpc) is 2.82. The van der Waals surface area contributed by atoms with E-state index in [1.165, 1.54) is 6.92 Å². The molecule has 1 N–H and O–H groups in total. The Kier molecular flexibility index (Phi) is 4.65. The second-order valence-electron chi connectivity index (χ2n) is 5.64. The highest BCUT2D eigenvalue weighted by atomic mass is 16.4. The van der Waals surface area contributed by atoms with Gasteiger partial charge in [-0.05, 0) is 37.5 Å². The van der Waals surface area contributed by atoms with Crippen molar-refractivity contribution in [3.8, 4) is 6.07 Å². The van der Waals surface area contributed by atoms with Crippen molar-refractivity contribution in [3.05, 3.63) is 52.3 Å². The number of Topliss-reactive ketones (excluding diaryl/α,β-unsaturated/α-hetero) is 1. The number of anilines is 1. The second-order valence-corrected chi connectivity index (χ2v) is 5.64. The van der Waals surface area contributed by atoms with Crippen LogP contribution in [0, 0.1) is 18.3 Å². The average molecular weight is 310 g/mol. The Labute approximate surface area is 134 Å². The van der Waals surface area contributed by atoms with E-state index in [9.17, 15) is 14.9 Å². The summed E-state index contributed by atoms with van der Waals surface area (Å²) >= 11 is 0. The number of rotatable bonds is 4. The number of carbonyl (C=O) groups is 2. The molecule has 0 unspecified atom stereocenters. The standard InChI is InChI=1S/C18H18N2O3/c1-10(2)13-5-7-14(8-6-13)17(22)20-18-15(9-19)16(11(3)21)12(4)23-18/h5-8,10H,1-4H3,(H,20,22). The molecule has 0 spiro atoms. The Morgan fingerprint density at radius 3 is 2.30 bits per heavy atom. The van der Waals surface area contributed by atoms with E-state index in [1.54, 1.807) is 19.1 Å². The van der Waals surface area contributed by atoms with Gasteiger partial charge in [0.2, 0.25) is 5.88 Å². The Morgan fingerprint density at radius 2 is 1.83 bits per heavy atom. The minimum absolute atomic E-state index is 0.00753. The van der Waals surface area contributed by atoms with E-state index in [1.807, 2.05) is 18.2 Å². The van der Waals surface area contributed by atoms with Crippen LogP contribution < -0.4 is 5.32 Å². The molecule has 2 aromatic rings. The van der Waals surface area contributed by atoms with Gasteiger partial charge >= 0.3 is 0 Å². The summed E-state index contributed by atoms with van der Waals surface area (Å²) in [5.41, 5.74) is 1.85. The fourth-order valence-electron chi connectivity index (χ4n) is 2.36. The van der Waals surface area contributed by atoms with Gasteiger partial charge in [-0.3, -0.25) is 14.9 Å². The van der Waals surface area contributed by atoms with Crippen molar-refractivity contribution >= 4 is 17.6 Å². The van der Waals surface area contributed by atoms with Crippen molar-refractivity contribution in [1.29, 1.82) is 5.26 Å². The highest BCUT2D eigenvalue weighted by Gasteiger charge is 2.22. The number of aryl methyl sites for hydroxylation is 1. The molecular formula is C18H18N2O3. The van der Waals surface area contributed by atoms with E-state index in [2.05, 4.69) is 19.2 Å². The first-order chi connectivity index (χ1) is 10.8. The minimum atomic E-state index is -0.388. The van der Waals surface area contributed by atoms with Gasteiger partial charge in [0, 0.05) is 5.56 Å². The molecule has 0 fully saturated rings. The molecule has 118 valence electrons. The van der Waals surface area contributed by atoms with Crippen LogP contribution in [0.15, 0.2) is 28.7 Å². The molecule has 0 saturated heterocycles. The Morgan fingerprint density at radius 1 is 1.22 bits per heavy atom. The molecule has 2 rings (SSSR count). The molecule has 1 heterocycles. The Hall–Kier alpha value is -2.87. The maximum absolute atomic E-state index is 12.3. The first kappa shape index (κ1) is 16.5. The first-order valence-corrected chi connectivity index (χ1v) is 7.30. The summed E-state index contributed by atoms with van der Waals surface area (Å²) in [7, 11) is 0. The number of benzene rings is 1. The summed E-state index contributed by atoms with van der Waals surface area (Å²) in [6.07, 6.45) is 0. The van der Waals surface area contributed by atoms with Gasteiger partial charge in [-0.25, -0.2) is 0 Å². The van der Waals surface area contributed by atoms with Crippen LogP contribution in [-0.2, 0) is 0 Å². The second kappa shape index (κ2) is 6.49. The number of furan rings is 1. The molecule has 1 amide bonds. The van der Waals surface area contributed by atoms with Gasteiger partial charge in [0.15, 0.2) is 5.78 Å². The molecule has 5 heteroatoms. The molecule has 0 aliphatic carbocycles. The first-order valence-electron chi connectivity index (χ1n) is 7.30. The third-order valence-electron chi connectivity index (χ3n) is 3.61. The number of amides is 1. The molecule has 0 radical (unpaired) electrons. The summed E-state index contributed by atoms with van der Waals surface area (Å²) in [5, 5.41) is 11.8. The van der Waals surface area contributed by atoms with Gasteiger partial charge in [0.1, 0.15) is 17.4 Å². The van der Waals surface area contributed by atoms with E-state index in [4.69, 9.17) is 4.42 Å². The molecule has 5 nitrogen and oxygen atoms in total. The van der Waals surface area contributed by atoms with Crippen LogP contribution in [0.4, 0.5) is 5.88 Å². The van der Waals surface area contributed by atoms with Gasteiger partial charge in [0.05, 0.1) is 5.56 Å². The van der Waals surface area contributed by atoms with Gasteiger partial charge in [-0.1, -0.05) is 26.0 Å². The molecule has 0 saturated carbocycles. The maximum Gasteiger partial charge on any atom is 0.258 e. The van der Waals surface area contributed by atoms with Crippen LogP contribution >= 0.6 is 0 Å². The molecule has 0 aliphatic rings. The van der Waals surface area contributed by atoms with Crippen LogP contribution in [0.5, 0.6) is 0 Å². The van der Waals surface area contributed by atoms with E-state index < -0.39 is 0 Å². The molecule has 0 aliphatic heterocycles. The highest BCUT2D eigenvalue weighted by molar-refractivity contribution is 6.06. The van der Waals surface area contributed by atoms with Crippen molar-refractivity contribution in [2.75, 3.05) is 5.32 Å². The number of carbonyl (C=O) groups excluding carboxylic acids is 2. The van der Waals surface area contributed by atoms with Crippen molar-refractivity contribution in [2.45, 2.75) is 33.6 Å². The van der Waals surface area contributed by atoms with Gasteiger partial charge in [-0.2, -0.15) is 5.26 Å². The summed E-state index contributed by atoms with van der Waals surface area (Å²) < 4.78 is 5.38. The minimum Gasteiger partial charge on any atom is -0.443 e. The quantitative estimate of drug-likeness (QED) is 0.864. The van der Waals surface area contributed by atoms with E-state index in [0.717, 1.165) is 5.56 Å². The lowest BCUT2D eigenvalue weighted by atomic mass is 10.0. The number of nitrogens with zero attached hydrogens (tertiary/aromatic N) is 1. The zero-order valence-electron chi connectivity index (χ0n) is 13.6. The van der Waals surface area contributed by atoms with Gasteiger partial charge < -0.3 is 4.42 Å². The maximum atomic E-state index is 12.3. The molecule has 1 aromatic carbocycles. The topological polar surface area (TPSA) is 83.1 Å². The van der Waals surface area contributed by atoms with Crippen molar-refractivity contribution in [2.24, 2.45) is 0 Å². The van der Waals surface area contributed by atoms with Crippen LogP contribution in [0.2, 0.25) is 0 Å². The summed E-state index contributed by atoms with van der Waals surface area (Å²) in [4.78, 5) is 23.9. The third-order valence-corrected chi connectivity index (χ3v) is 3.61. The fourth-order valence-corrected chi connectivity index (χ4v) is 2.36. The third kappa shape index (κ3) is 3.32. The van der Waals surface area contributed by atoms with E-state index in [-0.39, 0.29) is 28.7 Å². The molecule has 23 heavy (non-hydrogen) atoms. The van der Waals surface area contributed by atoms with Crippen LogP contribution in [0.25, 0.3) is 0 Å². The van der Waals surface area contributed by atoms with Crippen LogP contribution in [0.1, 0.15) is 64.3 Å². The lowest BCUT2D eigenvalue weighted by Crippen LogP contribution is -2.12. The molecule has 0 atom stereocenters. The van der Waals surface area contributed by atoms with Gasteiger partial charge in [-0.15, -0.1) is 0 Å². The van der Waals surface area contributed by atoms with Crippen molar-refractivity contribution in [3.63, 3.8) is 0 Å². The van der Waals surface area contributed by atoms with Crippen molar-refractivity contribution in [1.82, 2.24) is 0 Å². The van der Waals surface area contributed by atoms with Crippen LogP contribution in [-0.4, -0.2) is 11.7 Å². The SMILES string of the molecule is CC(=O)c1c(C)oc(NC(=O)c2ccc(C(C)C)cc2)c1C#N. The predicted molar refractivity (Wildman–Crippen MR) is 86.6 cm³/mol. The number of ketones is 1. The zero-order valence-corrected chi connectivity index (χ0v) is 13.6. The lowest BCUT2D eigenvalue weighted by Gasteiger charge is -2.07. The van der Waals surface area contributed by atoms with E-state index in [0.29, 0.717) is 17.2 Å². The van der Waals surface area contributed by atoms with Crippen molar-refractivity contribution < 1.29 is 14.0 Å². The highest BCUT2D eigenvalue weighted by Crippen LogP contribution is 2.27.